The van der Waals surface area contributed by atoms with Gasteiger partial charge in [-0.25, -0.2) is 0 Å². The highest BCUT2D eigenvalue weighted by molar-refractivity contribution is 14.1. The lowest BCUT2D eigenvalue weighted by molar-refractivity contribution is 0.446. The number of halogens is 1. The molecule has 4 aromatic rings. The Kier molecular flexibility index (Phi) is 5.06. The van der Waals surface area contributed by atoms with Gasteiger partial charge in [0.25, 0.3) is 0 Å². The zero-order valence-corrected chi connectivity index (χ0v) is 19.1. The van der Waals surface area contributed by atoms with E-state index in [1.165, 1.54) is 69.2 Å². The minimum atomic E-state index is 0.737. The van der Waals surface area contributed by atoms with Crippen LogP contribution in [-0.2, 0) is 0 Å². The fourth-order valence-corrected chi connectivity index (χ4v) is 7.13. The van der Waals surface area contributed by atoms with E-state index in [1.807, 2.05) is 11.3 Å². The molecule has 0 unspecified atom stereocenters. The maximum Gasteiger partial charge on any atom is 0.0689 e. The molecule has 1 aliphatic carbocycles. The summed E-state index contributed by atoms with van der Waals surface area (Å²) >= 11 is 4.45. The summed E-state index contributed by atoms with van der Waals surface area (Å²) < 4.78 is 5.23. The lowest BCUT2D eigenvalue weighted by Gasteiger charge is -2.22. The maximum atomic E-state index is 2.46. The maximum absolute atomic E-state index is 2.46. The average molecular weight is 497 g/mol. The summed E-state index contributed by atoms with van der Waals surface area (Å²) in [5.41, 5.74) is 5.45. The van der Waals surface area contributed by atoms with Gasteiger partial charge < -0.3 is 0 Å². The minimum Gasteiger partial charge on any atom is -0.281 e. The lowest BCUT2D eigenvalue weighted by Crippen LogP contribution is -2.04. The molecule has 1 aliphatic rings. The number of thiophene rings is 1. The first-order valence-corrected chi connectivity index (χ1v) is 12.0. The zero-order chi connectivity index (χ0) is 19.1. The first-order valence-electron chi connectivity index (χ1n) is 10.2. The molecule has 1 saturated carbocycles. The molecule has 142 valence electrons. The second-order valence-corrected chi connectivity index (χ2v) is 9.87. The summed E-state index contributed by atoms with van der Waals surface area (Å²) in [6, 6.07) is 22.4. The largest absolute Gasteiger partial charge is 0.281 e. The summed E-state index contributed by atoms with van der Waals surface area (Å²) in [7, 11) is 0. The van der Waals surface area contributed by atoms with E-state index in [2.05, 4.69) is 93.6 Å². The van der Waals surface area contributed by atoms with Gasteiger partial charge in [-0.05, 0) is 48.9 Å². The minimum absolute atomic E-state index is 0.737. The van der Waals surface area contributed by atoms with Crippen LogP contribution >= 0.6 is 34.2 Å². The number of aryl methyl sites for hydroxylation is 1. The Bertz CT molecular complexity index is 1140. The fourth-order valence-electron chi connectivity index (χ4n) is 4.63. The molecule has 0 aliphatic heterocycles. The van der Waals surface area contributed by atoms with E-state index >= 15 is 0 Å². The Morgan fingerprint density at radius 1 is 0.786 bits per heavy atom. The Morgan fingerprint density at radius 3 is 2.25 bits per heavy atom. The van der Waals surface area contributed by atoms with Crippen LogP contribution < -0.4 is 3.11 Å². The summed E-state index contributed by atoms with van der Waals surface area (Å²) in [4.78, 5) is 0. The molecule has 1 nitrogen and oxygen atoms in total. The second kappa shape index (κ2) is 7.68. The molecule has 1 fully saturated rings. The van der Waals surface area contributed by atoms with Crippen LogP contribution in [0, 0.1) is 6.92 Å². The fraction of sp³-hybridized carbons (Fsp3) is 0.280. The predicted molar refractivity (Wildman–Crippen MR) is 132 cm³/mol. The third-order valence-corrected chi connectivity index (χ3v) is 8.45. The Morgan fingerprint density at radius 2 is 1.46 bits per heavy atom. The van der Waals surface area contributed by atoms with E-state index in [-0.39, 0.29) is 0 Å². The van der Waals surface area contributed by atoms with Gasteiger partial charge in [-0.3, -0.25) is 3.11 Å². The quantitative estimate of drug-likeness (QED) is 0.202. The molecule has 3 aromatic carbocycles. The lowest BCUT2D eigenvalue weighted by atomic mass is 9.84. The predicted octanol–water partition coefficient (Wildman–Crippen LogP) is 8.90. The van der Waals surface area contributed by atoms with Gasteiger partial charge in [-0.1, -0.05) is 67.8 Å². The van der Waals surface area contributed by atoms with E-state index in [9.17, 15) is 0 Å². The van der Waals surface area contributed by atoms with Gasteiger partial charge in [-0.2, -0.15) is 0 Å². The van der Waals surface area contributed by atoms with Gasteiger partial charge in [-0.15, -0.1) is 11.3 Å². The SMILES string of the molecule is Cc1ccccc1N(I)c1cccc2c1sc1c(C3CCCCC3)cccc12. The summed E-state index contributed by atoms with van der Waals surface area (Å²) in [6.45, 7) is 2.19. The van der Waals surface area contributed by atoms with Gasteiger partial charge in [0, 0.05) is 15.5 Å². The van der Waals surface area contributed by atoms with Crippen molar-refractivity contribution in [3.05, 3.63) is 71.8 Å². The average Bonchev–Trinajstić information content (AvgIpc) is 3.13. The molecule has 1 aromatic heterocycles. The number of nitrogens with zero attached hydrogens (tertiary/aromatic N) is 1. The van der Waals surface area contributed by atoms with Crippen molar-refractivity contribution in [3.63, 3.8) is 0 Å². The van der Waals surface area contributed by atoms with Crippen molar-refractivity contribution in [2.24, 2.45) is 0 Å². The van der Waals surface area contributed by atoms with Crippen molar-refractivity contribution in [3.8, 4) is 0 Å². The highest BCUT2D eigenvalue weighted by Crippen LogP contribution is 2.46. The highest BCUT2D eigenvalue weighted by atomic mass is 127. The van der Waals surface area contributed by atoms with E-state index in [1.54, 1.807) is 5.56 Å². The molecule has 0 N–H and O–H groups in total. The molecule has 1 heterocycles. The number of fused-ring (bicyclic) bond motifs is 3. The molecule has 3 heteroatoms. The van der Waals surface area contributed by atoms with E-state index < -0.39 is 0 Å². The van der Waals surface area contributed by atoms with Gasteiger partial charge >= 0.3 is 0 Å². The van der Waals surface area contributed by atoms with Crippen LogP contribution in [0.15, 0.2) is 60.7 Å². The van der Waals surface area contributed by atoms with E-state index in [4.69, 9.17) is 0 Å². The van der Waals surface area contributed by atoms with Crippen LogP contribution in [0.3, 0.4) is 0 Å². The van der Waals surface area contributed by atoms with Gasteiger partial charge in [0.15, 0.2) is 0 Å². The van der Waals surface area contributed by atoms with Crippen LogP contribution in [0.2, 0.25) is 0 Å². The van der Waals surface area contributed by atoms with Crippen LogP contribution in [0.25, 0.3) is 20.2 Å². The van der Waals surface area contributed by atoms with E-state index in [0.29, 0.717) is 0 Å². The number of benzene rings is 3. The molecule has 28 heavy (non-hydrogen) atoms. The first-order chi connectivity index (χ1) is 13.7. The smallest absolute Gasteiger partial charge is 0.0689 e. The Hall–Kier alpha value is -1.59. The molecule has 0 saturated heterocycles. The van der Waals surface area contributed by atoms with Crippen LogP contribution in [0.5, 0.6) is 0 Å². The van der Waals surface area contributed by atoms with Crippen molar-refractivity contribution in [1.82, 2.24) is 0 Å². The van der Waals surface area contributed by atoms with Crippen LogP contribution in [0.1, 0.15) is 49.1 Å². The Balaban J connectivity index is 1.69. The van der Waals surface area contributed by atoms with Crippen LogP contribution in [0.4, 0.5) is 11.4 Å². The van der Waals surface area contributed by atoms with Crippen molar-refractivity contribution in [2.45, 2.75) is 44.9 Å². The summed E-state index contributed by atoms with van der Waals surface area (Å²) in [5.74, 6) is 0.737. The third-order valence-electron chi connectivity index (χ3n) is 6.12. The molecule has 0 amide bonds. The monoisotopic (exact) mass is 497 g/mol. The standard InChI is InChI=1S/C25H24INS/c1-17-9-5-6-15-22(17)27(26)23-16-8-14-21-20-13-7-12-19(24(20)28-25(21)23)18-10-3-2-4-11-18/h5-9,12-16,18H,2-4,10-11H2,1H3. The summed E-state index contributed by atoms with van der Waals surface area (Å²) in [6.07, 6.45) is 6.87. The van der Waals surface area contributed by atoms with Crippen molar-refractivity contribution in [1.29, 1.82) is 0 Å². The number of para-hydroxylation sites is 1. The van der Waals surface area contributed by atoms with Gasteiger partial charge in [0.1, 0.15) is 0 Å². The van der Waals surface area contributed by atoms with E-state index in [0.717, 1.165) is 5.92 Å². The molecular weight excluding hydrogens is 473 g/mol. The number of rotatable bonds is 3. The summed E-state index contributed by atoms with van der Waals surface area (Å²) in [5, 5.41) is 2.82. The molecule has 0 spiro atoms. The molecular formula is C25H24INS. The number of hydrogen-bond acceptors (Lipinski definition) is 2. The second-order valence-electron chi connectivity index (χ2n) is 7.88. The topological polar surface area (TPSA) is 3.24 Å². The number of anilines is 2. The Labute approximate surface area is 184 Å². The first kappa shape index (κ1) is 18.4. The highest BCUT2D eigenvalue weighted by Gasteiger charge is 2.21. The van der Waals surface area contributed by atoms with Gasteiger partial charge in [0.2, 0.25) is 0 Å². The van der Waals surface area contributed by atoms with Crippen molar-refractivity contribution in [2.75, 3.05) is 3.11 Å². The number of hydrogen-bond donors (Lipinski definition) is 0. The molecule has 0 bridgehead atoms. The van der Waals surface area contributed by atoms with Crippen LogP contribution in [-0.4, -0.2) is 0 Å². The van der Waals surface area contributed by atoms with Gasteiger partial charge in [0.05, 0.1) is 38.9 Å². The molecule has 0 radical (unpaired) electrons. The third kappa shape index (κ3) is 3.13. The molecule has 5 rings (SSSR count). The van der Waals surface area contributed by atoms with Crippen molar-refractivity contribution >= 4 is 65.7 Å². The normalized spacial score (nSPS) is 15.4. The zero-order valence-electron chi connectivity index (χ0n) is 16.1. The van der Waals surface area contributed by atoms with Crippen molar-refractivity contribution < 1.29 is 0 Å². The molecule has 0 atom stereocenters.